The van der Waals surface area contributed by atoms with Crippen molar-refractivity contribution in [3.8, 4) is 5.75 Å². The Morgan fingerprint density at radius 2 is 2.17 bits per heavy atom. The van der Waals surface area contributed by atoms with Crippen LogP contribution in [0.2, 0.25) is 0 Å². The zero-order chi connectivity index (χ0) is 16.2. The Bertz CT molecular complexity index is 735. The van der Waals surface area contributed by atoms with Crippen LogP contribution in [0.25, 0.3) is 0 Å². The molecule has 4 heteroatoms. The lowest BCUT2D eigenvalue weighted by molar-refractivity contribution is -0.140. The smallest absolute Gasteiger partial charge is 0.384 e. The molecule has 1 aromatic carbocycles. The molecule has 0 saturated heterocycles. The van der Waals surface area contributed by atoms with Gasteiger partial charge in [0.05, 0.1) is 23.9 Å². The molecule has 23 heavy (non-hydrogen) atoms. The molecule has 0 bridgehead atoms. The molecule has 120 valence electrons. The van der Waals surface area contributed by atoms with Crippen LogP contribution in [-0.2, 0) is 11.2 Å². The quantitative estimate of drug-likeness (QED) is 0.638. The fourth-order valence-electron chi connectivity index (χ4n) is 5.39. The molecule has 3 aliphatic carbocycles. The van der Waals surface area contributed by atoms with Crippen LogP contribution in [0.15, 0.2) is 18.2 Å². The third kappa shape index (κ3) is 1.94. The van der Waals surface area contributed by atoms with Gasteiger partial charge in [-0.25, -0.2) is 0 Å². The Morgan fingerprint density at radius 1 is 1.35 bits per heavy atom. The number of rotatable bonds is 1. The summed E-state index contributed by atoms with van der Waals surface area (Å²) >= 11 is 0. The van der Waals surface area contributed by atoms with E-state index in [1.165, 1.54) is 11.1 Å². The molecule has 0 spiro atoms. The molecular formula is C19H23N2O2+. The highest BCUT2D eigenvalue weighted by atomic mass is 16.5. The van der Waals surface area contributed by atoms with E-state index in [4.69, 9.17) is 10.3 Å². The van der Waals surface area contributed by atoms with Crippen LogP contribution in [0, 0.1) is 22.8 Å². The standard InChI is InChI=1S/C19H23N2O2/c1-19-8-7-14-13-6-4-12(23-2)9-11(13)3-5-15(14)16(19)10-17(21-20)18(19)22/h4,6,9,14-16,20H,3,5,7-8,10H2,1-2H3/q+1. The lowest BCUT2D eigenvalue weighted by atomic mass is 9.55. The highest BCUT2D eigenvalue weighted by Crippen LogP contribution is 2.58. The molecular weight excluding hydrogens is 288 g/mol. The molecule has 0 heterocycles. The van der Waals surface area contributed by atoms with Crippen molar-refractivity contribution in [3.05, 3.63) is 29.3 Å². The van der Waals surface area contributed by atoms with E-state index in [1.807, 2.05) is 0 Å². The summed E-state index contributed by atoms with van der Waals surface area (Å²) in [5, 5.41) is 0. The second kappa shape index (κ2) is 5.04. The highest BCUT2D eigenvalue weighted by molar-refractivity contribution is 6.41. The van der Waals surface area contributed by atoms with Crippen molar-refractivity contribution >= 4 is 11.5 Å². The Balaban J connectivity index is 1.72. The number of carbonyl (C=O) groups is 1. The van der Waals surface area contributed by atoms with E-state index in [0.717, 1.165) is 31.4 Å². The van der Waals surface area contributed by atoms with Crippen LogP contribution in [0.4, 0.5) is 0 Å². The number of fused-ring (bicyclic) bond motifs is 5. The zero-order valence-corrected chi connectivity index (χ0v) is 13.8. The molecule has 4 rings (SSSR count). The van der Waals surface area contributed by atoms with Gasteiger partial charge in [0, 0.05) is 5.41 Å². The summed E-state index contributed by atoms with van der Waals surface area (Å²) in [6.45, 7) is 2.11. The number of methoxy groups -OCH3 is 1. The Morgan fingerprint density at radius 3 is 2.91 bits per heavy atom. The summed E-state index contributed by atoms with van der Waals surface area (Å²) in [5.74, 6) is 2.51. The average Bonchev–Trinajstić information content (AvgIpc) is 2.85. The number of carbonyl (C=O) groups excluding carboxylic acids is 1. The van der Waals surface area contributed by atoms with E-state index in [-0.39, 0.29) is 11.2 Å². The summed E-state index contributed by atoms with van der Waals surface area (Å²) in [7, 11) is 1.71. The molecule has 1 N–H and O–H groups in total. The van der Waals surface area contributed by atoms with Gasteiger partial charge in [-0.15, -0.1) is 0 Å². The first-order valence-electron chi connectivity index (χ1n) is 8.53. The van der Waals surface area contributed by atoms with E-state index < -0.39 is 0 Å². The molecule has 0 radical (unpaired) electrons. The van der Waals surface area contributed by atoms with Crippen LogP contribution in [0.1, 0.15) is 49.7 Å². The van der Waals surface area contributed by atoms with Gasteiger partial charge in [-0.2, -0.15) is 0 Å². The number of Topliss-reactive ketones (excluding diaryl/α,β-unsaturated/α-hetero) is 1. The second-order valence-corrected chi connectivity index (χ2v) is 7.53. The van der Waals surface area contributed by atoms with Crippen LogP contribution in [0.3, 0.4) is 0 Å². The van der Waals surface area contributed by atoms with Crippen molar-refractivity contribution in [3.63, 3.8) is 0 Å². The lowest BCUT2D eigenvalue weighted by Gasteiger charge is -2.47. The topological polar surface area (TPSA) is 64.2 Å². The minimum atomic E-state index is -0.287. The van der Waals surface area contributed by atoms with E-state index >= 15 is 0 Å². The molecule has 4 atom stereocenters. The highest BCUT2D eigenvalue weighted by Gasteiger charge is 2.61. The lowest BCUT2D eigenvalue weighted by Crippen LogP contribution is -2.42. The average molecular weight is 311 g/mol. The fraction of sp³-hybridized carbons (Fsp3) is 0.579. The number of nitrogens with zero attached hydrogens (tertiary/aromatic N) is 1. The Kier molecular flexibility index (Phi) is 3.21. The summed E-state index contributed by atoms with van der Waals surface area (Å²) in [6.07, 6.45) is 4.87. The zero-order valence-electron chi connectivity index (χ0n) is 13.8. The molecule has 0 aromatic heterocycles. The van der Waals surface area contributed by atoms with Gasteiger partial charge in [-0.05, 0) is 66.7 Å². The number of aryl methyl sites for hydroxylation is 1. The van der Waals surface area contributed by atoms with E-state index in [9.17, 15) is 4.79 Å². The van der Waals surface area contributed by atoms with Crippen LogP contribution in [-0.4, -0.2) is 23.4 Å². The second-order valence-electron chi connectivity index (χ2n) is 7.53. The number of hydrogen-bond donors (Lipinski definition) is 1. The molecule has 4 unspecified atom stereocenters. The minimum Gasteiger partial charge on any atom is -0.497 e. The summed E-state index contributed by atoms with van der Waals surface area (Å²) in [5.41, 5.74) is 10.4. The maximum Gasteiger partial charge on any atom is 0.384 e. The van der Waals surface area contributed by atoms with Gasteiger partial charge >= 0.3 is 5.71 Å². The predicted molar refractivity (Wildman–Crippen MR) is 86.0 cm³/mol. The molecule has 4 nitrogen and oxygen atoms in total. The van der Waals surface area contributed by atoms with Gasteiger partial charge in [0.2, 0.25) is 5.78 Å². The third-order valence-electron chi connectivity index (χ3n) is 6.65. The maximum absolute atomic E-state index is 12.6. The molecule has 3 aliphatic rings. The molecule has 2 fully saturated rings. The molecule has 0 amide bonds. The maximum atomic E-state index is 12.6. The van der Waals surface area contributed by atoms with Gasteiger partial charge < -0.3 is 4.74 Å². The first-order chi connectivity index (χ1) is 11.1. The van der Waals surface area contributed by atoms with Gasteiger partial charge in [-0.3, -0.25) is 4.79 Å². The minimum absolute atomic E-state index is 0.136. The third-order valence-corrected chi connectivity index (χ3v) is 6.65. The first-order valence-corrected chi connectivity index (χ1v) is 8.53. The van der Waals surface area contributed by atoms with Crippen molar-refractivity contribution in [2.75, 3.05) is 7.11 Å². The van der Waals surface area contributed by atoms with Crippen molar-refractivity contribution in [1.82, 2.24) is 0 Å². The fourth-order valence-corrected chi connectivity index (χ4v) is 5.39. The number of ketones is 1. The Labute approximate surface area is 136 Å². The van der Waals surface area contributed by atoms with Crippen LogP contribution >= 0.6 is 0 Å². The van der Waals surface area contributed by atoms with E-state index in [2.05, 4.69) is 29.9 Å². The van der Waals surface area contributed by atoms with Gasteiger partial charge in [-0.1, -0.05) is 13.0 Å². The van der Waals surface area contributed by atoms with Gasteiger partial charge in [0.1, 0.15) is 5.75 Å². The number of ether oxygens (including phenoxy) is 1. The monoisotopic (exact) mass is 311 g/mol. The largest absolute Gasteiger partial charge is 0.497 e. The summed E-state index contributed by atoms with van der Waals surface area (Å²) in [4.78, 5) is 16.2. The predicted octanol–water partition coefficient (Wildman–Crippen LogP) is 3.41. The van der Waals surface area contributed by atoms with Gasteiger partial charge in [0.15, 0.2) is 0 Å². The van der Waals surface area contributed by atoms with Crippen molar-refractivity contribution in [1.29, 1.82) is 5.53 Å². The van der Waals surface area contributed by atoms with Crippen LogP contribution in [0.5, 0.6) is 5.75 Å². The van der Waals surface area contributed by atoms with Crippen molar-refractivity contribution in [2.24, 2.45) is 17.3 Å². The SMILES string of the molecule is COc1ccc2c(c1)CCC1C2CCC2(C)C(=O)C(=[N+]=N)CC12. The van der Waals surface area contributed by atoms with Crippen molar-refractivity contribution in [2.45, 2.75) is 44.9 Å². The number of benzene rings is 1. The van der Waals surface area contributed by atoms with Crippen molar-refractivity contribution < 1.29 is 14.3 Å². The van der Waals surface area contributed by atoms with Gasteiger partial charge in [0.25, 0.3) is 0 Å². The summed E-state index contributed by atoms with van der Waals surface area (Å²) in [6, 6.07) is 6.46. The van der Waals surface area contributed by atoms with E-state index in [1.54, 1.807) is 7.11 Å². The number of hydrogen-bond acceptors (Lipinski definition) is 3. The molecule has 0 aliphatic heterocycles. The number of nitrogens with one attached hydrogen (secondary N) is 1. The molecule has 1 aromatic rings. The summed E-state index contributed by atoms with van der Waals surface area (Å²) < 4.78 is 5.36. The normalized spacial score (nSPS) is 35.1. The van der Waals surface area contributed by atoms with E-state index in [0.29, 0.717) is 29.9 Å². The molecule has 2 saturated carbocycles. The Hall–Kier alpha value is -1.93. The first kappa shape index (κ1) is 14.6. The van der Waals surface area contributed by atoms with Crippen LogP contribution < -0.4 is 4.74 Å².